The molecule has 2 aliphatic heterocycles. The van der Waals surface area contributed by atoms with E-state index in [1.807, 2.05) is 30.0 Å². The van der Waals surface area contributed by atoms with Gasteiger partial charge in [0, 0.05) is 19.2 Å². The summed E-state index contributed by atoms with van der Waals surface area (Å²) in [7, 11) is 0. The third-order valence-electron chi connectivity index (χ3n) is 6.01. The number of hydrogen-bond acceptors (Lipinski definition) is 6. The summed E-state index contributed by atoms with van der Waals surface area (Å²) in [5.41, 5.74) is 1.03. The lowest BCUT2D eigenvalue weighted by atomic mass is 9.89. The van der Waals surface area contributed by atoms with Gasteiger partial charge in [0.1, 0.15) is 16.0 Å². The molecule has 166 valence electrons. The molecular formula is C24H24FN3O3S. The van der Waals surface area contributed by atoms with E-state index < -0.39 is 5.60 Å². The molecule has 0 saturated carbocycles. The van der Waals surface area contributed by atoms with Crippen molar-refractivity contribution in [3.05, 3.63) is 65.0 Å². The van der Waals surface area contributed by atoms with E-state index in [0.29, 0.717) is 36.7 Å². The summed E-state index contributed by atoms with van der Waals surface area (Å²) in [5.74, 6) is -0.161. The first kappa shape index (κ1) is 21.0. The normalized spacial score (nSPS) is 22.9. The quantitative estimate of drug-likeness (QED) is 0.582. The van der Waals surface area contributed by atoms with Gasteiger partial charge in [0.25, 0.3) is 5.91 Å². The number of rotatable bonds is 4. The van der Waals surface area contributed by atoms with Crippen molar-refractivity contribution in [3.8, 4) is 16.5 Å². The third kappa shape index (κ3) is 4.12. The molecule has 0 N–H and O–H groups in total. The highest BCUT2D eigenvalue weighted by Gasteiger charge is 2.46. The zero-order chi connectivity index (χ0) is 22.1. The maximum absolute atomic E-state index is 14.0. The lowest BCUT2D eigenvalue weighted by Gasteiger charge is -2.39. The van der Waals surface area contributed by atoms with Gasteiger partial charge in [-0.05, 0) is 44.0 Å². The van der Waals surface area contributed by atoms with E-state index in [1.54, 1.807) is 24.4 Å². The number of carbonyl (C=O) groups excluding carboxylic acids is 1. The Balaban J connectivity index is 1.29. The van der Waals surface area contributed by atoms with Crippen LogP contribution in [0.3, 0.4) is 0 Å². The molecule has 1 aromatic carbocycles. The van der Waals surface area contributed by atoms with Gasteiger partial charge in [-0.1, -0.05) is 18.2 Å². The number of halogens is 1. The van der Waals surface area contributed by atoms with Crippen LogP contribution in [0.25, 0.3) is 10.7 Å². The van der Waals surface area contributed by atoms with Crippen LogP contribution in [0.15, 0.2) is 48.7 Å². The molecule has 0 radical (unpaired) electrons. The van der Waals surface area contributed by atoms with E-state index >= 15 is 0 Å². The van der Waals surface area contributed by atoms with Crippen LogP contribution < -0.4 is 4.74 Å². The number of pyridine rings is 1. The Morgan fingerprint density at radius 2 is 2.12 bits per heavy atom. The van der Waals surface area contributed by atoms with E-state index in [1.165, 1.54) is 17.4 Å². The number of ether oxygens (including phenoxy) is 2. The number of para-hydroxylation sites is 1. The maximum Gasteiger partial charge on any atom is 0.265 e. The Bertz CT molecular complexity index is 1120. The van der Waals surface area contributed by atoms with Gasteiger partial charge in [-0.3, -0.25) is 9.78 Å². The second kappa shape index (κ2) is 8.60. The number of piperidine rings is 1. The Hall–Kier alpha value is -2.84. The first-order valence-electron chi connectivity index (χ1n) is 10.8. The summed E-state index contributed by atoms with van der Waals surface area (Å²) in [6.07, 6.45) is 3.83. The molecule has 2 atom stereocenters. The Morgan fingerprint density at radius 3 is 2.94 bits per heavy atom. The van der Waals surface area contributed by atoms with Crippen molar-refractivity contribution in [2.24, 2.45) is 0 Å². The zero-order valence-corrected chi connectivity index (χ0v) is 18.6. The zero-order valence-electron chi connectivity index (χ0n) is 17.8. The van der Waals surface area contributed by atoms with Gasteiger partial charge in [-0.25, -0.2) is 9.37 Å². The Morgan fingerprint density at radius 1 is 1.28 bits per heavy atom. The smallest absolute Gasteiger partial charge is 0.265 e. The topological polar surface area (TPSA) is 64.6 Å². The number of nitrogens with zero attached hydrogens (tertiary/aromatic N) is 3. The molecule has 32 heavy (non-hydrogen) atoms. The summed E-state index contributed by atoms with van der Waals surface area (Å²) in [6, 6.07) is 12.1. The van der Waals surface area contributed by atoms with Crippen molar-refractivity contribution in [1.82, 2.24) is 14.9 Å². The molecule has 3 aromatic rings. The van der Waals surface area contributed by atoms with E-state index in [4.69, 9.17) is 9.47 Å². The second-order valence-corrected chi connectivity index (χ2v) is 9.35. The number of benzene rings is 1. The first-order valence-corrected chi connectivity index (χ1v) is 11.6. The van der Waals surface area contributed by atoms with E-state index in [0.717, 1.165) is 23.5 Å². The Kier molecular flexibility index (Phi) is 5.65. The van der Waals surface area contributed by atoms with Crippen LogP contribution >= 0.6 is 11.3 Å². The number of amides is 1. The molecule has 0 aliphatic carbocycles. The Labute approximate surface area is 190 Å². The van der Waals surface area contributed by atoms with Crippen molar-refractivity contribution in [3.63, 3.8) is 0 Å². The summed E-state index contributed by atoms with van der Waals surface area (Å²) in [4.78, 5) is 24.8. The van der Waals surface area contributed by atoms with Crippen molar-refractivity contribution < 1.29 is 18.7 Å². The minimum atomic E-state index is -0.452. The van der Waals surface area contributed by atoms with Crippen LogP contribution in [0.2, 0.25) is 0 Å². The summed E-state index contributed by atoms with van der Waals surface area (Å²) in [5, 5.41) is 0.744. The number of hydrogen-bond donors (Lipinski definition) is 0. The fourth-order valence-electron chi connectivity index (χ4n) is 4.49. The molecule has 2 aliphatic rings. The fraction of sp³-hybridized carbons (Fsp3) is 0.375. The SMILES string of the molecule is Cc1nc(-c2ccccn2)sc1C(=O)N1CCC[C@@]2(C[C@@H](Oc3ccccc3F)CO2)C1. The van der Waals surface area contributed by atoms with Gasteiger partial charge >= 0.3 is 0 Å². The molecule has 2 saturated heterocycles. The van der Waals surface area contributed by atoms with Crippen LogP contribution in [0.5, 0.6) is 5.75 Å². The van der Waals surface area contributed by atoms with Crippen LogP contribution in [-0.2, 0) is 4.74 Å². The molecule has 0 bridgehead atoms. The molecule has 2 aromatic heterocycles. The number of likely N-dealkylation sites (tertiary alicyclic amines) is 1. The van der Waals surface area contributed by atoms with Gasteiger partial charge in [0.05, 0.1) is 30.1 Å². The summed E-state index contributed by atoms with van der Waals surface area (Å²) >= 11 is 1.38. The van der Waals surface area contributed by atoms with Crippen LogP contribution in [0.4, 0.5) is 4.39 Å². The van der Waals surface area contributed by atoms with Gasteiger partial charge in [0.2, 0.25) is 0 Å². The van der Waals surface area contributed by atoms with Gasteiger partial charge < -0.3 is 14.4 Å². The predicted molar refractivity (Wildman–Crippen MR) is 119 cm³/mol. The number of carbonyl (C=O) groups is 1. The highest BCUT2D eigenvalue weighted by atomic mass is 32.1. The van der Waals surface area contributed by atoms with Gasteiger partial charge in [0.15, 0.2) is 11.6 Å². The van der Waals surface area contributed by atoms with Crippen molar-refractivity contribution >= 4 is 17.2 Å². The molecule has 8 heteroatoms. The average Bonchev–Trinajstić information content (AvgIpc) is 3.39. The van der Waals surface area contributed by atoms with Crippen molar-refractivity contribution in [2.75, 3.05) is 19.7 Å². The van der Waals surface area contributed by atoms with E-state index in [-0.39, 0.29) is 23.6 Å². The second-order valence-electron chi connectivity index (χ2n) is 8.35. The molecule has 1 amide bonds. The van der Waals surface area contributed by atoms with E-state index in [9.17, 15) is 9.18 Å². The molecule has 0 unspecified atom stereocenters. The van der Waals surface area contributed by atoms with Crippen LogP contribution in [-0.4, -0.2) is 52.2 Å². The molecule has 1 spiro atoms. The number of aryl methyl sites for hydroxylation is 1. The monoisotopic (exact) mass is 453 g/mol. The predicted octanol–water partition coefficient (Wildman–Crippen LogP) is 4.50. The minimum absolute atomic E-state index is 0.0247. The highest BCUT2D eigenvalue weighted by molar-refractivity contribution is 7.17. The first-order chi connectivity index (χ1) is 15.5. The lowest BCUT2D eigenvalue weighted by molar-refractivity contribution is -0.0452. The molecule has 6 nitrogen and oxygen atoms in total. The standard InChI is InChI=1S/C24H24FN3O3S/c1-16-21(32-22(27-16)19-8-4-5-11-26-19)23(29)28-12-6-10-24(15-28)13-17(14-30-24)31-20-9-3-2-7-18(20)25/h2-5,7-9,11,17H,6,10,12-15H2,1H3/t17-,24-/m1/s1. The van der Waals surface area contributed by atoms with Gasteiger partial charge in [-0.15, -0.1) is 11.3 Å². The summed E-state index contributed by atoms with van der Waals surface area (Å²) in [6.45, 7) is 3.43. The maximum atomic E-state index is 14.0. The largest absolute Gasteiger partial charge is 0.485 e. The van der Waals surface area contributed by atoms with Crippen molar-refractivity contribution in [2.45, 2.75) is 37.9 Å². The highest BCUT2D eigenvalue weighted by Crippen LogP contribution is 2.38. The van der Waals surface area contributed by atoms with Gasteiger partial charge in [-0.2, -0.15) is 0 Å². The van der Waals surface area contributed by atoms with Crippen LogP contribution in [0.1, 0.15) is 34.6 Å². The number of aromatic nitrogens is 2. The van der Waals surface area contributed by atoms with E-state index in [2.05, 4.69) is 9.97 Å². The average molecular weight is 454 g/mol. The molecule has 2 fully saturated rings. The lowest BCUT2D eigenvalue weighted by Crippen LogP contribution is -2.50. The third-order valence-corrected chi connectivity index (χ3v) is 7.17. The van der Waals surface area contributed by atoms with Crippen LogP contribution in [0, 0.1) is 12.7 Å². The summed E-state index contributed by atoms with van der Waals surface area (Å²) < 4.78 is 26.0. The molecule has 5 rings (SSSR count). The number of thiazole rings is 1. The molecule has 4 heterocycles. The van der Waals surface area contributed by atoms with Crippen molar-refractivity contribution in [1.29, 1.82) is 0 Å². The minimum Gasteiger partial charge on any atom is -0.485 e. The fourth-order valence-corrected chi connectivity index (χ4v) is 5.50. The molecular weight excluding hydrogens is 429 g/mol.